The van der Waals surface area contributed by atoms with Gasteiger partial charge < -0.3 is 10.1 Å². The van der Waals surface area contributed by atoms with Crippen molar-refractivity contribution in [2.45, 2.75) is 6.54 Å². The van der Waals surface area contributed by atoms with Crippen LogP contribution in [0.2, 0.25) is 0 Å². The van der Waals surface area contributed by atoms with Crippen LogP contribution in [0.3, 0.4) is 0 Å². The molecule has 21 heavy (non-hydrogen) atoms. The first-order valence-electron chi connectivity index (χ1n) is 6.14. The summed E-state index contributed by atoms with van der Waals surface area (Å²) in [6.07, 6.45) is 5.16. The molecule has 2 nitrogen and oxygen atoms in total. The summed E-state index contributed by atoms with van der Waals surface area (Å²) in [6, 6.07) is 9.48. The second-order valence-corrected chi connectivity index (χ2v) is 5.05. The molecule has 5 heteroatoms. The van der Waals surface area contributed by atoms with Gasteiger partial charge in [0.05, 0.1) is 10.2 Å². The Morgan fingerprint density at radius 2 is 1.95 bits per heavy atom. The van der Waals surface area contributed by atoms with E-state index in [9.17, 15) is 8.78 Å². The molecule has 0 aliphatic rings. The Kier molecular flexibility index (Phi) is 5.18. The molecule has 0 aliphatic heterocycles. The van der Waals surface area contributed by atoms with Crippen molar-refractivity contribution < 1.29 is 13.5 Å². The maximum absolute atomic E-state index is 13.7. The summed E-state index contributed by atoms with van der Waals surface area (Å²) in [4.78, 5) is 0. The van der Waals surface area contributed by atoms with E-state index in [-0.39, 0.29) is 16.8 Å². The van der Waals surface area contributed by atoms with Gasteiger partial charge in [-0.25, -0.2) is 8.78 Å². The largest absolute Gasteiger partial charge is 0.481 e. The fourth-order valence-corrected chi connectivity index (χ4v) is 2.10. The lowest BCUT2D eigenvalue weighted by Gasteiger charge is -2.12. The molecule has 0 fully saturated rings. The lowest BCUT2D eigenvalue weighted by Crippen LogP contribution is -2.05. The van der Waals surface area contributed by atoms with E-state index in [1.54, 1.807) is 6.07 Å². The van der Waals surface area contributed by atoms with Crippen LogP contribution in [0.4, 0.5) is 14.5 Å². The van der Waals surface area contributed by atoms with E-state index >= 15 is 0 Å². The Morgan fingerprint density at radius 3 is 2.71 bits per heavy atom. The van der Waals surface area contributed by atoms with Gasteiger partial charge in [-0.05, 0) is 28.1 Å². The van der Waals surface area contributed by atoms with Crippen molar-refractivity contribution in [2.24, 2.45) is 0 Å². The minimum absolute atomic E-state index is 0.160. The van der Waals surface area contributed by atoms with Gasteiger partial charge in [-0.2, -0.15) is 0 Å². The highest BCUT2D eigenvalue weighted by Gasteiger charge is 2.09. The van der Waals surface area contributed by atoms with E-state index < -0.39 is 11.6 Å². The maximum atomic E-state index is 13.7. The molecular weight excluding hydrogens is 340 g/mol. The fourth-order valence-electron chi connectivity index (χ4n) is 1.76. The Balaban J connectivity index is 2.13. The van der Waals surface area contributed by atoms with Gasteiger partial charge in [0.15, 0.2) is 0 Å². The number of para-hydroxylation sites is 1. The summed E-state index contributed by atoms with van der Waals surface area (Å²) >= 11 is 3.03. The molecule has 0 aliphatic carbocycles. The number of hydrogen-bond acceptors (Lipinski definition) is 2. The number of halogens is 3. The monoisotopic (exact) mass is 351 g/mol. The molecule has 0 spiro atoms. The lowest BCUT2D eigenvalue weighted by molar-refractivity contribution is 0.366. The van der Waals surface area contributed by atoms with Crippen LogP contribution in [0.5, 0.6) is 5.75 Å². The van der Waals surface area contributed by atoms with Gasteiger partial charge in [0.2, 0.25) is 0 Å². The molecule has 0 aromatic heterocycles. The van der Waals surface area contributed by atoms with E-state index in [0.29, 0.717) is 12.3 Å². The smallest absolute Gasteiger partial charge is 0.149 e. The summed E-state index contributed by atoms with van der Waals surface area (Å²) < 4.78 is 32.4. The summed E-state index contributed by atoms with van der Waals surface area (Å²) in [5.41, 5.74) is 1.03. The van der Waals surface area contributed by atoms with Crippen molar-refractivity contribution in [3.05, 3.63) is 58.1 Å². The average molecular weight is 352 g/mol. The zero-order valence-corrected chi connectivity index (χ0v) is 12.6. The van der Waals surface area contributed by atoms with Crippen molar-refractivity contribution in [1.82, 2.24) is 0 Å². The lowest BCUT2D eigenvalue weighted by atomic mass is 10.2. The van der Waals surface area contributed by atoms with Crippen LogP contribution in [0.1, 0.15) is 5.56 Å². The van der Waals surface area contributed by atoms with Crippen LogP contribution in [0, 0.1) is 24.0 Å². The predicted molar refractivity (Wildman–Crippen MR) is 82.2 cm³/mol. The Morgan fingerprint density at radius 1 is 1.19 bits per heavy atom. The molecule has 108 valence electrons. The van der Waals surface area contributed by atoms with E-state index in [0.717, 1.165) is 11.6 Å². The second-order valence-electron chi connectivity index (χ2n) is 4.20. The molecule has 0 unspecified atom stereocenters. The number of anilines is 1. The molecule has 2 aromatic rings. The normalized spacial score (nSPS) is 10.0. The topological polar surface area (TPSA) is 21.3 Å². The standard InChI is InChI=1S/C16H12BrF2NO/c1-2-7-21-16-6-4-3-5-11(16)10-20-15-8-12(17)13(18)9-14(15)19/h1,3-6,8-9,20H,7,10H2. The Labute approximate surface area is 130 Å². The van der Waals surface area contributed by atoms with Crippen molar-refractivity contribution in [1.29, 1.82) is 0 Å². The minimum Gasteiger partial charge on any atom is -0.481 e. The van der Waals surface area contributed by atoms with Crippen LogP contribution in [-0.4, -0.2) is 6.61 Å². The molecule has 0 saturated carbocycles. The third kappa shape index (κ3) is 3.96. The van der Waals surface area contributed by atoms with E-state index in [1.807, 2.05) is 18.2 Å². The molecular formula is C16H12BrF2NO. The van der Waals surface area contributed by atoms with E-state index in [1.165, 1.54) is 6.07 Å². The SMILES string of the molecule is C#CCOc1ccccc1CNc1cc(Br)c(F)cc1F. The van der Waals surface area contributed by atoms with Gasteiger partial charge in [-0.15, -0.1) is 6.42 Å². The van der Waals surface area contributed by atoms with Gasteiger partial charge in [0.25, 0.3) is 0 Å². The van der Waals surface area contributed by atoms with Gasteiger partial charge in [0, 0.05) is 18.2 Å². The van der Waals surface area contributed by atoms with Gasteiger partial charge >= 0.3 is 0 Å². The maximum Gasteiger partial charge on any atom is 0.149 e. The molecule has 1 N–H and O–H groups in total. The van der Waals surface area contributed by atoms with Crippen LogP contribution in [0.15, 0.2) is 40.9 Å². The summed E-state index contributed by atoms with van der Waals surface area (Å²) in [7, 11) is 0. The van der Waals surface area contributed by atoms with Gasteiger partial charge in [-0.1, -0.05) is 24.1 Å². The number of terminal acetylenes is 1. The first-order valence-corrected chi connectivity index (χ1v) is 6.93. The molecule has 0 bridgehead atoms. The number of benzene rings is 2. The molecule has 0 radical (unpaired) electrons. The van der Waals surface area contributed by atoms with Crippen LogP contribution >= 0.6 is 15.9 Å². The third-order valence-corrected chi connectivity index (χ3v) is 3.37. The molecule has 2 aromatic carbocycles. The highest BCUT2D eigenvalue weighted by molar-refractivity contribution is 9.10. The first kappa shape index (κ1) is 15.3. The second kappa shape index (κ2) is 7.09. The Bertz CT molecular complexity index is 682. The first-order chi connectivity index (χ1) is 10.1. The van der Waals surface area contributed by atoms with Crippen molar-refractivity contribution in [3.8, 4) is 18.1 Å². The number of ether oxygens (including phenoxy) is 1. The number of nitrogens with one attached hydrogen (secondary N) is 1. The van der Waals surface area contributed by atoms with E-state index in [4.69, 9.17) is 11.2 Å². The highest BCUT2D eigenvalue weighted by atomic mass is 79.9. The number of rotatable bonds is 5. The van der Waals surface area contributed by atoms with E-state index in [2.05, 4.69) is 27.2 Å². The Hall–Kier alpha value is -2.06. The van der Waals surface area contributed by atoms with Crippen LogP contribution in [-0.2, 0) is 6.54 Å². The molecule has 0 saturated heterocycles. The van der Waals surface area contributed by atoms with Crippen molar-refractivity contribution in [2.75, 3.05) is 11.9 Å². The van der Waals surface area contributed by atoms with Crippen molar-refractivity contribution >= 4 is 21.6 Å². The zero-order chi connectivity index (χ0) is 15.2. The number of hydrogen-bond donors (Lipinski definition) is 1. The quantitative estimate of drug-likeness (QED) is 0.638. The average Bonchev–Trinajstić information content (AvgIpc) is 2.48. The summed E-state index contributed by atoms with van der Waals surface area (Å²) in [6.45, 7) is 0.489. The fraction of sp³-hybridized carbons (Fsp3) is 0.125. The predicted octanol–water partition coefficient (Wildman–Crippen LogP) is 4.35. The van der Waals surface area contributed by atoms with Gasteiger partial charge in [0.1, 0.15) is 24.0 Å². The molecule has 2 rings (SSSR count). The van der Waals surface area contributed by atoms with Crippen LogP contribution in [0.25, 0.3) is 0 Å². The summed E-state index contributed by atoms with van der Waals surface area (Å²) in [5, 5.41) is 2.91. The minimum atomic E-state index is -0.655. The molecule has 0 atom stereocenters. The third-order valence-electron chi connectivity index (χ3n) is 2.76. The van der Waals surface area contributed by atoms with Crippen molar-refractivity contribution in [3.63, 3.8) is 0 Å². The summed E-state index contributed by atoms with van der Waals surface area (Å²) in [5.74, 6) is 1.72. The highest BCUT2D eigenvalue weighted by Crippen LogP contribution is 2.25. The van der Waals surface area contributed by atoms with Crippen LogP contribution < -0.4 is 10.1 Å². The zero-order valence-electron chi connectivity index (χ0n) is 11.0. The molecule has 0 heterocycles. The van der Waals surface area contributed by atoms with Gasteiger partial charge in [-0.3, -0.25) is 0 Å². The molecule has 0 amide bonds.